The number of hydrogen-bond acceptors (Lipinski definition) is 3. The van der Waals surface area contributed by atoms with Crippen molar-refractivity contribution in [1.29, 1.82) is 0 Å². The van der Waals surface area contributed by atoms with Crippen LogP contribution >= 0.6 is 11.6 Å². The smallest absolute Gasteiger partial charge is 0.0889 e. The van der Waals surface area contributed by atoms with Crippen LogP contribution < -0.4 is 11.3 Å². The molecule has 0 spiro atoms. The summed E-state index contributed by atoms with van der Waals surface area (Å²) in [4.78, 5) is 0. The van der Waals surface area contributed by atoms with Gasteiger partial charge in [0.2, 0.25) is 0 Å². The summed E-state index contributed by atoms with van der Waals surface area (Å²) >= 11 is 6.29. The standard InChI is InChI=1S/C17H27ClN2O/c1-4-21-17(9-7-12(2)8-10-17)16(20-19)14-6-5-13(3)15(18)11-14/h5-6,11-12,16,20H,4,7-10,19H2,1-3H3. The lowest BCUT2D eigenvalue weighted by Crippen LogP contribution is -2.50. The highest BCUT2D eigenvalue weighted by Gasteiger charge is 2.42. The van der Waals surface area contributed by atoms with Crippen molar-refractivity contribution >= 4 is 11.6 Å². The van der Waals surface area contributed by atoms with Crippen molar-refractivity contribution in [2.75, 3.05) is 6.61 Å². The molecule has 3 nitrogen and oxygen atoms in total. The molecule has 2 rings (SSSR count). The second-order valence-electron chi connectivity index (χ2n) is 6.29. The largest absolute Gasteiger partial charge is 0.373 e. The average molecular weight is 311 g/mol. The van der Waals surface area contributed by atoms with E-state index in [9.17, 15) is 0 Å². The number of hydrogen-bond donors (Lipinski definition) is 2. The molecule has 1 atom stereocenters. The second kappa shape index (κ2) is 7.10. The predicted octanol–water partition coefficient (Wildman–Crippen LogP) is 4.14. The summed E-state index contributed by atoms with van der Waals surface area (Å²) in [5, 5.41) is 0.781. The number of benzene rings is 1. The minimum Gasteiger partial charge on any atom is -0.373 e. The Hall–Kier alpha value is -0.610. The lowest BCUT2D eigenvalue weighted by atomic mass is 9.73. The van der Waals surface area contributed by atoms with Gasteiger partial charge in [0.25, 0.3) is 0 Å². The average Bonchev–Trinajstić information content (AvgIpc) is 2.47. The van der Waals surface area contributed by atoms with Gasteiger partial charge in [0.15, 0.2) is 0 Å². The number of nitrogens with two attached hydrogens (primary N) is 1. The Morgan fingerprint density at radius 3 is 2.62 bits per heavy atom. The zero-order valence-electron chi connectivity index (χ0n) is 13.3. The molecule has 0 heterocycles. The molecular weight excluding hydrogens is 284 g/mol. The molecule has 0 amide bonds. The molecule has 1 aliphatic rings. The van der Waals surface area contributed by atoms with Crippen molar-refractivity contribution in [3.8, 4) is 0 Å². The molecule has 0 saturated heterocycles. The Bertz CT molecular complexity index is 470. The first-order valence-electron chi connectivity index (χ1n) is 7.88. The van der Waals surface area contributed by atoms with Crippen LogP contribution in [-0.2, 0) is 4.74 Å². The fraction of sp³-hybridized carbons (Fsp3) is 0.647. The van der Waals surface area contributed by atoms with Crippen LogP contribution in [0.4, 0.5) is 0 Å². The monoisotopic (exact) mass is 310 g/mol. The minimum absolute atomic E-state index is 0.0250. The van der Waals surface area contributed by atoms with Gasteiger partial charge in [-0.05, 0) is 62.6 Å². The van der Waals surface area contributed by atoms with Gasteiger partial charge in [0.1, 0.15) is 0 Å². The maximum atomic E-state index is 6.29. The van der Waals surface area contributed by atoms with Gasteiger partial charge in [0, 0.05) is 11.6 Å². The Labute approximate surface area is 133 Å². The van der Waals surface area contributed by atoms with Crippen molar-refractivity contribution in [1.82, 2.24) is 5.43 Å². The van der Waals surface area contributed by atoms with Gasteiger partial charge >= 0.3 is 0 Å². The molecule has 3 N–H and O–H groups in total. The normalized spacial score (nSPS) is 27.6. The van der Waals surface area contributed by atoms with Gasteiger partial charge < -0.3 is 4.74 Å². The summed E-state index contributed by atoms with van der Waals surface area (Å²) < 4.78 is 6.21. The minimum atomic E-state index is -0.228. The highest BCUT2D eigenvalue weighted by molar-refractivity contribution is 6.31. The Morgan fingerprint density at radius 2 is 2.10 bits per heavy atom. The van der Waals surface area contributed by atoms with Gasteiger partial charge in [-0.2, -0.15) is 0 Å². The van der Waals surface area contributed by atoms with E-state index >= 15 is 0 Å². The Kier molecular flexibility index (Phi) is 5.67. The predicted molar refractivity (Wildman–Crippen MR) is 88.2 cm³/mol. The third-order valence-electron chi connectivity index (χ3n) is 4.77. The fourth-order valence-electron chi connectivity index (χ4n) is 3.40. The Balaban J connectivity index is 2.33. The molecule has 1 aromatic rings. The zero-order valence-corrected chi connectivity index (χ0v) is 14.0. The van der Waals surface area contributed by atoms with Crippen LogP contribution in [0.5, 0.6) is 0 Å². The molecule has 1 unspecified atom stereocenters. The topological polar surface area (TPSA) is 47.3 Å². The van der Waals surface area contributed by atoms with E-state index in [1.165, 1.54) is 12.8 Å². The summed E-state index contributed by atoms with van der Waals surface area (Å²) in [6.07, 6.45) is 4.42. The van der Waals surface area contributed by atoms with Gasteiger partial charge in [-0.1, -0.05) is 30.7 Å². The van der Waals surface area contributed by atoms with Crippen molar-refractivity contribution in [3.63, 3.8) is 0 Å². The molecule has 1 saturated carbocycles. The third kappa shape index (κ3) is 3.59. The van der Waals surface area contributed by atoms with E-state index in [1.807, 2.05) is 19.1 Å². The second-order valence-corrected chi connectivity index (χ2v) is 6.70. The first-order valence-corrected chi connectivity index (χ1v) is 8.26. The van der Waals surface area contributed by atoms with Crippen LogP contribution in [0.25, 0.3) is 0 Å². The molecule has 4 heteroatoms. The molecule has 21 heavy (non-hydrogen) atoms. The zero-order chi connectivity index (χ0) is 15.5. The maximum Gasteiger partial charge on any atom is 0.0889 e. The van der Waals surface area contributed by atoms with Crippen LogP contribution in [0.2, 0.25) is 5.02 Å². The summed E-state index contributed by atoms with van der Waals surface area (Å²) in [7, 11) is 0. The van der Waals surface area contributed by atoms with Crippen molar-refractivity contribution in [3.05, 3.63) is 34.3 Å². The van der Waals surface area contributed by atoms with Crippen LogP contribution in [0.3, 0.4) is 0 Å². The summed E-state index contributed by atoms with van der Waals surface area (Å²) in [5.74, 6) is 6.66. The number of nitrogens with one attached hydrogen (secondary N) is 1. The van der Waals surface area contributed by atoms with E-state index in [2.05, 4.69) is 25.3 Å². The molecule has 0 radical (unpaired) electrons. The van der Waals surface area contributed by atoms with E-state index in [0.717, 1.165) is 34.9 Å². The first-order chi connectivity index (χ1) is 10.0. The van der Waals surface area contributed by atoms with E-state index in [-0.39, 0.29) is 11.6 Å². The van der Waals surface area contributed by atoms with E-state index in [4.69, 9.17) is 22.2 Å². The number of rotatable bonds is 5. The number of hydrazine groups is 1. The molecule has 118 valence electrons. The van der Waals surface area contributed by atoms with Gasteiger partial charge in [0.05, 0.1) is 11.6 Å². The number of aryl methyl sites for hydroxylation is 1. The number of halogens is 1. The van der Waals surface area contributed by atoms with Gasteiger partial charge in [-0.15, -0.1) is 0 Å². The van der Waals surface area contributed by atoms with Crippen LogP contribution in [0.1, 0.15) is 56.7 Å². The lowest BCUT2D eigenvalue weighted by molar-refractivity contribution is -0.0977. The van der Waals surface area contributed by atoms with Crippen molar-refractivity contribution in [2.24, 2.45) is 11.8 Å². The molecule has 1 aliphatic carbocycles. The Morgan fingerprint density at radius 1 is 1.43 bits per heavy atom. The van der Waals surface area contributed by atoms with E-state index < -0.39 is 0 Å². The molecule has 0 aliphatic heterocycles. The highest BCUT2D eigenvalue weighted by Crippen LogP contribution is 2.43. The summed E-state index contributed by atoms with van der Waals surface area (Å²) in [5.41, 5.74) is 4.95. The summed E-state index contributed by atoms with van der Waals surface area (Å²) in [6.45, 7) is 7.07. The quantitative estimate of drug-likeness (QED) is 0.635. The van der Waals surface area contributed by atoms with E-state index in [1.54, 1.807) is 0 Å². The van der Waals surface area contributed by atoms with Gasteiger partial charge in [-0.3, -0.25) is 11.3 Å². The molecule has 1 aromatic carbocycles. The number of ether oxygens (including phenoxy) is 1. The van der Waals surface area contributed by atoms with E-state index in [0.29, 0.717) is 6.61 Å². The molecule has 0 bridgehead atoms. The van der Waals surface area contributed by atoms with Gasteiger partial charge in [-0.25, -0.2) is 0 Å². The highest BCUT2D eigenvalue weighted by atomic mass is 35.5. The van der Waals surface area contributed by atoms with Crippen LogP contribution in [-0.4, -0.2) is 12.2 Å². The van der Waals surface area contributed by atoms with Crippen molar-refractivity contribution < 1.29 is 4.74 Å². The maximum absolute atomic E-state index is 6.29. The van der Waals surface area contributed by atoms with Crippen LogP contribution in [0.15, 0.2) is 18.2 Å². The lowest BCUT2D eigenvalue weighted by Gasteiger charge is -2.44. The van der Waals surface area contributed by atoms with Crippen molar-refractivity contribution in [2.45, 2.75) is 58.1 Å². The van der Waals surface area contributed by atoms with Crippen LogP contribution in [0, 0.1) is 12.8 Å². The molecule has 1 fully saturated rings. The summed E-state index contributed by atoms with van der Waals surface area (Å²) in [6, 6.07) is 6.14. The molecule has 0 aromatic heterocycles. The first kappa shape index (κ1) is 16.8. The molecular formula is C17H27ClN2O. The fourth-order valence-corrected chi connectivity index (χ4v) is 3.58. The SMILES string of the molecule is CCOC1(C(NN)c2ccc(C)c(Cl)c2)CCC(C)CC1. The third-order valence-corrected chi connectivity index (χ3v) is 5.18.